The van der Waals surface area contributed by atoms with Gasteiger partial charge in [0.15, 0.2) is 0 Å². The van der Waals surface area contributed by atoms with E-state index in [9.17, 15) is 0 Å². The van der Waals surface area contributed by atoms with E-state index in [1.807, 2.05) is 30.5 Å². The van der Waals surface area contributed by atoms with E-state index >= 15 is 0 Å². The summed E-state index contributed by atoms with van der Waals surface area (Å²) in [5, 5.41) is 5.48. The predicted octanol–water partition coefficient (Wildman–Crippen LogP) is 9.44. The summed E-state index contributed by atoms with van der Waals surface area (Å²) in [6.45, 7) is 10.9. The van der Waals surface area contributed by atoms with E-state index in [4.69, 9.17) is 14.7 Å². The van der Waals surface area contributed by atoms with Gasteiger partial charge in [-0.2, -0.15) is 6.07 Å². The Hall–Kier alpha value is -4.47. The number of para-hydroxylation sites is 1. The van der Waals surface area contributed by atoms with Crippen LogP contribution >= 0.6 is 0 Å². The van der Waals surface area contributed by atoms with Crippen LogP contribution in [0.2, 0.25) is 0 Å². The van der Waals surface area contributed by atoms with Gasteiger partial charge in [0.25, 0.3) is 0 Å². The maximum absolute atomic E-state index is 6.44. The Labute approximate surface area is 270 Å². The molecule has 8 aromatic rings. The molecular weight excluding hydrogens is 724 g/mol. The quantitative estimate of drug-likeness (QED) is 0.134. The zero-order chi connectivity index (χ0) is 29.5. The number of hydrogen-bond acceptors (Lipinski definition) is 3. The topological polar surface area (TPSA) is 44.3 Å². The van der Waals surface area contributed by atoms with Gasteiger partial charge < -0.3 is 13.7 Å². The summed E-state index contributed by atoms with van der Waals surface area (Å²) in [4.78, 5) is 9.71. The molecule has 5 nitrogen and oxygen atoms in total. The van der Waals surface area contributed by atoms with E-state index < -0.39 is 0 Å². The zero-order valence-corrected chi connectivity index (χ0v) is 27.4. The third-order valence-electron chi connectivity index (χ3n) is 8.53. The van der Waals surface area contributed by atoms with Crippen molar-refractivity contribution >= 4 is 49.3 Å². The van der Waals surface area contributed by atoms with Crippen LogP contribution in [-0.4, -0.2) is 18.9 Å². The number of ether oxygens (including phenoxy) is 1. The van der Waals surface area contributed by atoms with Crippen LogP contribution in [0, 0.1) is 26.0 Å². The second-order valence-electron chi connectivity index (χ2n) is 12.3. The summed E-state index contributed by atoms with van der Waals surface area (Å²) in [7, 11) is 0. The Morgan fingerprint density at radius 3 is 2.30 bits per heavy atom. The summed E-state index contributed by atoms with van der Waals surface area (Å²) in [5.41, 5.74) is 8.32. The Bertz CT molecular complexity index is 2390. The first kappa shape index (κ1) is 28.3. The molecular formula is C38H30N4OPt. The Kier molecular flexibility index (Phi) is 6.64. The van der Waals surface area contributed by atoms with Gasteiger partial charge in [0.1, 0.15) is 5.65 Å². The number of fused-ring (bicyclic) bond motifs is 9. The fraction of sp³-hybridized carbons (Fsp3) is 0.158. The molecule has 4 aromatic heterocycles. The van der Waals surface area contributed by atoms with Gasteiger partial charge in [-0.25, -0.2) is 4.98 Å². The van der Waals surface area contributed by atoms with E-state index in [1.54, 1.807) is 0 Å². The van der Waals surface area contributed by atoms with E-state index in [0.717, 1.165) is 60.9 Å². The van der Waals surface area contributed by atoms with E-state index in [0.29, 0.717) is 11.5 Å². The van der Waals surface area contributed by atoms with E-state index in [2.05, 4.69) is 116 Å². The van der Waals surface area contributed by atoms with Crippen LogP contribution in [0.3, 0.4) is 0 Å². The molecule has 8 rings (SSSR count). The van der Waals surface area contributed by atoms with Crippen molar-refractivity contribution in [1.29, 1.82) is 0 Å². The monoisotopic (exact) mass is 753 g/mol. The number of nitrogens with zero attached hydrogens (tertiary/aromatic N) is 4. The molecule has 0 spiro atoms. The molecule has 0 atom stereocenters. The van der Waals surface area contributed by atoms with Crippen LogP contribution in [0.4, 0.5) is 0 Å². The first-order valence-corrected chi connectivity index (χ1v) is 14.6. The van der Waals surface area contributed by atoms with Crippen LogP contribution in [0.5, 0.6) is 11.5 Å². The van der Waals surface area contributed by atoms with Gasteiger partial charge in [-0.1, -0.05) is 73.6 Å². The number of aromatic nitrogens is 4. The van der Waals surface area contributed by atoms with Crippen LogP contribution in [0.25, 0.3) is 54.9 Å². The van der Waals surface area contributed by atoms with Gasteiger partial charge >= 0.3 is 21.1 Å². The number of pyridine rings is 2. The molecule has 218 valence electrons. The minimum atomic E-state index is 0. The number of hydrogen-bond donors (Lipinski definition) is 0. The summed E-state index contributed by atoms with van der Waals surface area (Å²) < 4.78 is 10.8. The van der Waals surface area contributed by atoms with Crippen molar-refractivity contribution in [2.75, 3.05) is 0 Å². The van der Waals surface area contributed by atoms with Crippen molar-refractivity contribution in [3.05, 3.63) is 120 Å². The van der Waals surface area contributed by atoms with Gasteiger partial charge in [0, 0.05) is 45.4 Å². The molecule has 44 heavy (non-hydrogen) atoms. The maximum atomic E-state index is 6.44. The molecule has 0 saturated heterocycles. The predicted molar refractivity (Wildman–Crippen MR) is 175 cm³/mol. The van der Waals surface area contributed by atoms with Crippen LogP contribution in [0.1, 0.15) is 37.7 Å². The van der Waals surface area contributed by atoms with Gasteiger partial charge in [0.05, 0.1) is 11.2 Å². The number of imidazole rings is 1. The number of benzene rings is 4. The van der Waals surface area contributed by atoms with Crippen molar-refractivity contribution in [2.45, 2.75) is 40.0 Å². The molecule has 0 bridgehead atoms. The standard InChI is InChI=1S/C38H30N4O.Pt/c1-23-24(2)41-34-14-7-6-12-30(34)29-18-16-28(22-33(29)37(41)40-23)43-27-11-8-10-26(21-27)42-35-20-25(38(3,4)5)15-17-31(35)32-13-9-19-39-36(32)42;/h6-20H,1-5H3;/q-2;+2. The van der Waals surface area contributed by atoms with Crippen molar-refractivity contribution in [2.24, 2.45) is 0 Å². The van der Waals surface area contributed by atoms with Crippen molar-refractivity contribution in [1.82, 2.24) is 18.9 Å². The van der Waals surface area contributed by atoms with Crippen molar-refractivity contribution < 1.29 is 25.8 Å². The number of rotatable bonds is 3. The minimum Gasteiger partial charge on any atom is -0.503 e. The van der Waals surface area contributed by atoms with E-state index in [1.165, 1.54) is 10.9 Å². The average molecular weight is 754 g/mol. The Morgan fingerprint density at radius 2 is 1.45 bits per heavy atom. The summed E-state index contributed by atoms with van der Waals surface area (Å²) in [6, 6.07) is 36.4. The molecule has 0 radical (unpaired) electrons. The normalized spacial score (nSPS) is 12.0. The van der Waals surface area contributed by atoms with Gasteiger partial charge in [-0.05, 0) is 54.5 Å². The molecule has 0 unspecified atom stereocenters. The largest absolute Gasteiger partial charge is 2.00 e. The number of aryl methyl sites for hydroxylation is 2. The third kappa shape index (κ3) is 4.33. The summed E-state index contributed by atoms with van der Waals surface area (Å²) >= 11 is 0. The SMILES string of the molecule is Cc1nc2c3[c-]c(Oc4[c-]c(-n5c6cc(C(C)(C)C)ccc6c6cccnc65)ccc4)ccc3c3ccccc3n2c1C.[Pt+2]. The Morgan fingerprint density at radius 1 is 0.705 bits per heavy atom. The third-order valence-corrected chi connectivity index (χ3v) is 8.53. The summed E-state index contributed by atoms with van der Waals surface area (Å²) in [5.74, 6) is 1.23. The second-order valence-corrected chi connectivity index (χ2v) is 12.3. The average Bonchev–Trinajstić information content (AvgIpc) is 3.50. The van der Waals surface area contributed by atoms with Gasteiger partial charge in [-0.3, -0.25) is 4.98 Å². The van der Waals surface area contributed by atoms with Crippen LogP contribution in [-0.2, 0) is 26.5 Å². The summed E-state index contributed by atoms with van der Waals surface area (Å²) in [6.07, 6.45) is 1.84. The van der Waals surface area contributed by atoms with E-state index in [-0.39, 0.29) is 26.5 Å². The van der Waals surface area contributed by atoms with Crippen molar-refractivity contribution in [3.8, 4) is 17.2 Å². The molecule has 0 saturated carbocycles. The molecule has 0 N–H and O–H groups in total. The fourth-order valence-corrected chi connectivity index (χ4v) is 6.20. The smallest absolute Gasteiger partial charge is 0.503 e. The first-order chi connectivity index (χ1) is 20.8. The molecule has 0 aliphatic carbocycles. The molecule has 0 fully saturated rings. The fourth-order valence-electron chi connectivity index (χ4n) is 6.20. The Balaban J connectivity index is 0.00000312. The first-order valence-electron chi connectivity index (χ1n) is 14.6. The minimum absolute atomic E-state index is 0. The zero-order valence-electron chi connectivity index (χ0n) is 25.2. The van der Waals surface area contributed by atoms with Crippen LogP contribution < -0.4 is 4.74 Å². The molecule has 6 heteroatoms. The molecule has 4 aromatic carbocycles. The second kappa shape index (κ2) is 10.3. The van der Waals surface area contributed by atoms with Gasteiger partial charge in [-0.15, -0.1) is 30.3 Å². The molecule has 4 heterocycles. The van der Waals surface area contributed by atoms with Crippen molar-refractivity contribution in [3.63, 3.8) is 0 Å². The molecule has 0 amide bonds. The van der Waals surface area contributed by atoms with Crippen LogP contribution in [0.15, 0.2) is 91.1 Å². The molecule has 0 aliphatic heterocycles. The van der Waals surface area contributed by atoms with Gasteiger partial charge in [0.2, 0.25) is 0 Å². The maximum Gasteiger partial charge on any atom is 2.00 e. The molecule has 0 aliphatic rings.